The number of nitrogens with one attached hydrogen (secondary N) is 3. The van der Waals surface area contributed by atoms with Gasteiger partial charge in [0.1, 0.15) is 5.69 Å². The molecule has 4 N–H and O–H groups in total. The number of hydrogen-bond acceptors (Lipinski definition) is 6. The minimum absolute atomic E-state index is 0.0392. The monoisotopic (exact) mass is 500 g/mol. The average Bonchev–Trinajstić information content (AvgIpc) is 3.43. The second-order valence-corrected chi connectivity index (χ2v) is 10.2. The molecule has 0 spiro atoms. The molecule has 2 amide bonds. The van der Waals surface area contributed by atoms with Crippen LogP contribution in [0.5, 0.6) is 0 Å². The standard InChI is InChI=1S/C27H24N4O6/c1-25(2)26(3)9-10-27(25,37-24(26)36)23(35)31-18-6-4-5-15-12-19(29-20(15)18)21(32)30-17-8-7-14(13-28)11-16(17)22(33)34/h4-8,11-12,29H,9-10H2,1-3H3,(H,30,32)(H,31,35)(H,33,34). The molecule has 1 saturated heterocycles. The normalized spacial score (nSPS) is 23.4. The number of rotatable bonds is 5. The van der Waals surface area contributed by atoms with Gasteiger partial charge >= 0.3 is 11.9 Å². The first-order valence-corrected chi connectivity index (χ1v) is 11.7. The minimum Gasteiger partial charge on any atom is -0.478 e. The van der Waals surface area contributed by atoms with Gasteiger partial charge in [-0.05, 0) is 50.1 Å². The van der Waals surface area contributed by atoms with Crippen LogP contribution >= 0.6 is 0 Å². The Morgan fingerprint density at radius 3 is 2.43 bits per heavy atom. The van der Waals surface area contributed by atoms with Gasteiger partial charge in [-0.2, -0.15) is 5.26 Å². The van der Waals surface area contributed by atoms with E-state index in [2.05, 4.69) is 15.6 Å². The molecule has 2 atom stereocenters. The van der Waals surface area contributed by atoms with Gasteiger partial charge in [-0.3, -0.25) is 14.4 Å². The van der Waals surface area contributed by atoms with E-state index in [1.165, 1.54) is 18.2 Å². The number of H-pyrrole nitrogens is 1. The molecule has 37 heavy (non-hydrogen) atoms. The molecule has 1 aliphatic heterocycles. The third-order valence-corrected chi connectivity index (χ3v) is 8.23. The predicted octanol–water partition coefficient (Wildman–Crippen LogP) is 4.05. The quantitative estimate of drug-likeness (QED) is 0.384. The van der Waals surface area contributed by atoms with Crippen molar-refractivity contribution in [3.63, 3.8) is 0 Å². The van der Waals surface area contributed by atoms with Crippen LogP contribution in [-0.4, -0.2) is 39.4 Å². The van der Waals surface area contributed by atoms with E-state index in [0.717, 1.165) is 0 Å². The molecule has 2 aliphatic rings. The fourth-order valence-corrected chi connectivity index (χ4v) is 5.44. The van der Waals surface area contributed by atoms with Crippen LogP contribution in [0.3, 0.4) is 0 Å². The highest BCUT2D eigenvalue weighted by Crippen LogP contribution is 2.65. The van der Waals surface area contributed by atoms with Crippen molar-refractivity contribution in [1.29, 1.82) is 5.26 Å². The van der Waals surface area contributed by atoms with E-state index in [9.17, 15) is 24.3 Å². The Balaban J connectivity index is 1.43. The lowest BCUT2D eigenvalue weighted by Crippen LogP contribution is -2.50. The number of ether oxygens (including phenoxy) is 1. The first kappa shape index (κ1) is 24.1. The van der Waals surface area contributed by atoms with E-state index < -0.39 is 34.2 Å². The summed E-state index contributed by atoms with van der Waals surface area (Å²) in [6, 6.07) is 12.5. The summed E-state index contributed by atoms with van der Waals surface area (Å²) in [6.45, 7) is 5.57. The molecule has 3 aromatic rings. The van der Waals surface area contributed by atoms with Crippen molar-refractivity contribution < 1.29 is 29.0 Å². The van der Waals surface area contributed by atoms with Crippen molar-refractivity contribution in [3.05, 3.63) is 59.3 Å². The van der Waals surface area contributed by atoms with Gasteiger partial charge in [0.25, 0.3) is 11.8 Å². The topological polar surface area (TPSA) is 161 Å². The van der Waals surface area contributed by atoms with Gasteiger partial charge in [-0.25, -0.2) is 4.79 Å². The Morgan fingerprint density at radius 1 is 1.05 bits per heavy atom. The second-order valence-electron chi connectivity index (χ2n) is 10.2. The van der Waals surface area contributed by atoms with E-state index in [0.29, 0.717) is 29.4 Å². The van der Waals surface area contributed by atoms with Gasteiger partial charge in [0.15, 0.2) is 5.60 Å². The average molecular weight is 501 g/mol. The maximum Gasteiger partial charge on any atom is 0.337 e. The zero-order valence-electron chi connectivity index (χ0n) is 20.4. The Kier molecular flexibility index (Phi) is 5.16. The number of amides is 2. The van der Waals surface area contributed by atoms with E-state index in [-0.39, 0.29) is 28.5 Å². The summed E-state index contributed by atoms with van der Waals surface area (Å²) in [6.07, 6.45) is 0.968. The first-order valence-electron chi connectivity index (χ1n) is 11.7. The van der Waals surface area contributed by atoms with Gasteiger partial charge in [-0.15, -0.1) is 0 Å². The molecule has 2 fully saturated rings. The highest BCUT2D eigenvalue weighted by molar-refractivity contribution is 6.11. The molecular weight excluding hydrogens is 476 g/mol. The van der Waals surface area contributed by atoms with E-state index in [1.807, 2.05) is 26.8 Å². The number of para-hydroxylation sites is 1. The fraction of sp³-hybridized carbons (Fsp3) is 0.296. The van der Waals surface area contributed by atoms with Gasteiger partial charge < -0.3 is 25.5 Å². The number of benzene rings is 2. The van der Waals surface area contributed by atoms with Crippen LogP contribution in [0.4, 0.5) is 11.4 Å². The van der Waals surface area contributed by atoms with Gasteiger partial charge in [0, 0.05) is 10.8 Å². The molecule has 1 aliphatic carbocycles. The number of aromatic nitrogens is 1. The number of anilines is 2. The second kappa shape index (κ2) is 7.93. The predicted molar refractivity (Wildman–Crippen MR) is 133 cm³/mol. The summed E-state index contributed by atoms with van der Waals surface area (Å²) < 4.78 is 5.68. The molecule has 1 aromatic heterocycles. The minimum atomic E-state index is -1.30. The highest BCUT2D eigenvalue weighted by atomic mass is 16.6. The SMILES string of the molecule is CC12CCC(C(=O)Nc3cccc4cc(C(=O)Nc5ccc(C#N)cc5C(=O)O)[nH]c34)(OC1=O)C2(C)C. The molecule has 0 radical (unpaired) electrons. The number of carbonyl (C=O) groups is 4. The first-order chi connectivity index (χ1) is 17.4. The number of fused-ring (bicyclic) bond motifs is 3. The van der Waals surface area contributed by atoms with Crippen LogP contribution < -0.4 is 10.6 Å². The lowest BCUT2D eigenvalue weighted by molar-refractivity contribution is -0.165. The van der Waals surface area contributed by atoms with Crippen molar-refractivity contribution in [2.45, 2.75) is 39.2 Å². The number of nitriles is 1. The summed E-state index contributed by atoms with van der Waals surface area (Å²) in [5, 5.41) is 24.6. The fourth-order valence-electron chi connectivity index (χ4n) is 5.44. The van der Waals surface area contributed by atoms with Crippen LogP contribution in [0.1, 0.15) is 60.0 Å². The van der Waals surface area contributed by atoms with Crippen molar-refractivity contribution >= 4 is 46.0 Å². The Morgan fingerprint density at radius 2 is 1.81 bits per heavy atom. The Hall–Kier alpha value is -4.65. The lowest BCUT2D eigenvalue weighted by Gasteiger charge is -2.35. The van der Waals surface area contributed by atoms with Crippen molar-refractivity contribution in [2.75, 3.05) is 10.6 Å². The molecule has 10 nitrogen and oxygen atoms in total. The summed E-state index contributed by atoms with van der Waals surface area (Å²) in [7, 11) is 0. The Labute approximate surface area is 211 Å². The molecule has 2 heterocycles. The summed E-state index contributed by atoms with van der Waals surface area (Å²) >= 11 is 0. The largest absolute Gasteiger partial charge is 0.478 e. The van der Waals surface area contributed by atoms with Crippen LogP contribution in [0.15, 0.2) is 42.5 Å². The summed E-state index contributed by atoms with van der Waals surface area (Å²) in [5.41, 5.74) is -1.74. The molecular formula is C27H24N4O6. The maximum absolute atomic E-state index is 13.5. The van der Waals surface area contributed by atoms with Crippen molar-refractivity contribution in [1.82, 2.24) is 4.98 Å². The van der Waals surface area contributed by atoms with Gasteiger partial charge in [0.2, 0.25) is 0 Å². The zero-order chi connectivity index (χ0) is 26.8. The van der Waals surface area contributed by atoms with Crippen LogP contribution in [0.25, 0.3) is 10.9 Å². The smallest absolute Gasteiger partial charge is 0.337 e. The molecule has 1 saturated carbocycles. The summed E-state index contributed by atoms with van der Waals surface area (Å²) in [5.74, 6) is -2.69. The number of carboxylic acid groups (broad SMARTS) is 1. The third-order valence-electron chi connectivity index (χ3n) is 8.23. The molecule has 2 aromatic carbocycles. The summed E-state index contributed by atoms with van der Waals surface area (Å²) in [4.78, 5) is 53.7. The molecule has 188 valence electrons. The molecule has 2 unspecified atom stereocenters. The van der Waals surface area contributed by atoms with Gasteiger partial charge in [-0.1, -0.05) is 26.0 Å². The number of carbonyl (C=O) groups excluding carboxylic acids is 3. The number of aromatic amines is 1. The molecule has 10 heteroatoms. The molecule has 2 bridgehead atoms. The van der Waals surface area contributed by atoms with Crippen molar-refractivity contribution in [3.8, 4) is 6.07 Å². The number of esters is 1. The Bertz CT molecular complexity index is 1560. The van der Waals surface area contributed by atoms with Crippen molar-refractivity contribution in [2.24, 2.45) is 10.8 Å². The lowest BCUT2D eigenvalue weighted by atomic mass is 9.66. The number of carboxylic acids is 1. The van der Waals surface area contributed by atoms with Crippen LogP contribution in [0, 0.1) is 22.2 Å². The number of nitrogens with zero attached hydrogens (tertiary/aromatic N) is 1. The van der Waals surface area contributed by atoms with E-state index in [1.54, 1.807) is 24.3 Å². The number of hydrogen-bond donors (Lipinski definition) is 4. The molecule has 5 rings (SSSR count). The van der Waals surface area contributed by atoms with E-state index in [4.69, 9.17) is 10.00 Å². The zero-order valence-corrected chi connectivity index (χ0v) is 20.4. The highest BCUT2D eigenvalue weighted by Gasteiger charge is 2.75. The maximum atomic E-state index is 13.5. The van der Waals surface area contributed by atoms with Crippen LogP contribution in [0.2, 0.25) is 0 Å². The van der Waals surface area contributed by atoms with Crippen LogP contribution in [-0.2, 0) is 14.3 Å². The third kappa shape index (κ3) is 3.31. The number of aromatic carboxylic acids is 1. The van der Waals surface area contributed by atoms with Gasteiger partial charge in [0.05, 0.1) is 39.5 Å². The van der Waals surface area contributed by atoms with E-state index >= 15 is 0 Å².